The Morgan fingerprint density at radius 1 is 1.19 bits per heavy atom. The summed E-state index contributed by atoms with van der Waals surface area (Å²) in [5.41, 5.74) is -0.541. The molecule has 0 radical (unpaired) electrons. The van der Waals surface area contributed by atoms with Crippen molar-refractivity contribution in [3.8, 4) is 0 Å². The Bertz CT molecular complexity index is 391. The molecule has 120 valence electrons. The highest BCUT2D eigenvalue weighted by Gasteiger charge is 2.38. The fourth-order valence-corrected chi connectivity index (χ4v) is 4.01. The molecule has 0 aromatic heterocycles. The number of carbonyl (C=O) groups is 2. The molecule has 2 aliphatic rings. The van der Waals surface area contributed by atoms with Gasteiger partial charge in [0.05, 0.1) is 12.0 Å². The molecular weight excluding hydrogens is 268 g/mol. The molecule has 0 heterocycles. The molecule has 2 rings (SSSR count). The number of hydrogen-bond donors (Lipinski definition) is 3. The van der Waals surface area contributed by atoms with E-state index >= 15 is 0 Å². The van der Waals surface area contributed by atoms with Crippen molar-refractivity contribution >= 4 is 12.0 Å². The fraction of sp³-hybridized carbons (Fsp3) is 0.875. The highest BCUT2D eigenvalue weighted by molar-refractivity contribution is 5.77. The minimum absolute atomic E-state index is 0.0255. The molecule has 0 aromatic carbocycles. The van der Waals surface area contributed by atoms with Gasteiger partial charge in [0.25, 0.3) is 0 Å². The molecule has 0 saturated heterocycles. The highest BCUT2D eigenvalue weighted by atomic mass is 16.4. The molecule has 2 fully saturated rings. The number of urea groups is 1. The van der Waals surface area contributed by atoms with Crippen LogP contribution >= 0.6 is 0 Å². The maximum Gasteiger partial charge on any atom is 0.315 e. The van der Waals surface area contributed by atoms with Gasteiger partial charge in [-0.1, -0.05) is 26.7 Å². The second-order valence-corrected chi connectivity index (χ2v) is 7.16. The first-order valence-corrected chi connectivity index (χ1v) is 8.21. The van der Waals surface area contributed by atoms with Crippen molar-refractivity contribution in [3.63, 3.8) is 0 Å². The number of nitrogens with one attached hydrogen (secondary N) is 2. The first-order valence-electron chi connectivity index (χ1n) is 8.21. The largest absolute Gasteiger partial charge is 0.481 e. The average Bonchev–Trinajstić information content (AvgIpc) is 2.80. The minimum Gasteiger partial charge on any atom is -0.481 e. The first-order chi connectivity index (χ1) is 9.90. The number of amides is 2. The van der Waals surface area contributed by atoms with Crippen molar-refractivity contribution in [3.05, 3.63) is 0 Å². The van der Waals surface area contributed by atoms with Gasteiger partial charge in [0, 0.05) is 6.04 Å². The summed E-state index contributed by atoms with van der Waals surface area (Å²) in [6.45, 7) is 4.44. The van der Waals surface area contributed by atoms with E-state index < -0.39 is 11.5 Å². The summed E-state index contributed by atoms with van der Waals surface area (Å²) in [6, 6.07) is 0.0223. The van der Waals surface area contributed by atoms with Gasteiger partial charge in [-0.25, -0.2) is 4.79 Å². The van der Waals surface area contributed by atoms with Crippen LogP contribution in [0.3, 0.4) is 0 Å². The van der Waals surface area contributed by atoms with E-state index in [2.05, 4.69) is 24.5 Å². The smallest absolute Gasteiger partial charge is 0.315 e. The van der Waals surface area contributed by atoms with Crippen molar-refractivity contribution in [1.82, 2.24) is 10.6 Å². The van der Waals surface area contributed by atoms with E-state index in [0.29, 0.717) is 5.92 Å². The summed E-state index contributed by atoms with van der Waals surface area (Å²) < 4.78 is 0. The van der Waals surface area contributed by atoms with Crippen molar-refractivity contribution in [2.75, 3.05) is 0 Å². The summed E-state index contributed by atoms with van der Waals surface area (Å²) in [4.78, 5) is 23.3. The van der Waals surface area contributed by atoms with E-state index in [1.807, 2.05) is 0 Å². The van der Waals surface area contributed by atoms with Crippen LogP contribution in [0.1, 0.15) is 65.2 Å². The SMILES string of the molecule is CC1CCC(NC(=O)NC2(CC(=O)O)CCCC2)C(C)C1. The van der Waals surface area contributed by atoms with Crippen LogP contribution in [0.4, 0.5) is 4.79 Å². The zero-order valence-corrected chi connectivity index (χ0v) is 13.2. The van der Waals surface area contributed by atoms with Crippen molar-refractivity contribution in [2.24, 2.45) is 11.8 Å². The molecule has 0 spiro atoms. The quantitative estimate of drug-likeness (QED) is 0.746. The van der Waals surface area contributed by atoms with E-state index in [1.165, 1.54) is 0 Å². The van der Waals surface area contributed by atoms with Crippen LogP contribution in [0.15, 0.2) is 0 Å². The first kappa shape index (κ1) is 16.1. The fourth-order valence-electron chi connectivity index (χ4n) is 4.01. The van der Waals surface area contributed by atoms with Crippen LogP contribution < -0.4 is 10.6 Å². The second-order valence-electron chi connectivity index (χ2n) is 7.16. The molecule has 0 bridgehead atoms. The lowest BCUT2D eigenvalue weighted by Gasteiger charge is -2.35. The Morgan fingerprint density at radius 3 is 2.43 bits per heavy atom. The number of aliphatic carboxylic acids is 1. The highest BCUT2D eigenvalue weighted by Crippen LogP contribution is 2.33. The number of hydrogen-bond acceptors (Lipinski definition) is 2. The zero-order chi connectivity index (χ0) is 15.5. The van der Waals surface area contributed by atoms with Gasteiger partial charge < -0.3 is 15.7 Å². The monoisotopic (exact) mass is 296 g/mol. The van der Waals surface area contributed by atoms with Crippen molar-refractivity contribution < 1.29 is 14.7 Å². The lowest BCUT2D eigenvalue weighted by Crippen LogP contribution is -2.55. The Labute approximate surface area is 126 Å². The molecule has 5 nitrogen and oxygen atoms in total. The van der Waals surface area contributed by atoms with Gasteiger partial charge in [0.2, 0.25) is 0 Å². The summed E-state index contributed by atoms with van der Waals surface area (Å²) in [5.74, 6) is 0.379. The lowest BCUT2D eigenvalue weighted by atomic mass is 9.80. The van der Waals surface area contributed by atoms with E-state index in [1.54, 1.807) is 0 Å². The molecule has 0 aliphatic heterocycles. The molecule has 3 unspecified atom stereocenters. The van der Waals surface area contributed by atoms with E-state index in [9.17, 15) is 9.59 Å². The Morgan fingerprint density at radius 2 is 1.86 bits per heavy atom. The van der Waals surface area contributed by atoms with Gasteiger partial charge in [-0.3, -0.25) is 4.79 Å². The molecule has 3 atom stereocenters. The summed E-state index contributed by atoms with van der Waals surface area (Å²) in [5, 5.41) is 15.1. The number of carbonyl (C=O) groups excluding carboxylic acids is 1. The van der Waals surface area contributed by atoms with Crippen LogP contribution in [0.25, 0.3) is 0 Å². The maximum atomic E-state index is 12.3. The molecule has 5 heteroatoms. The van der Waals surface area contributed by atoms with Crippen LogP contribution in [-0.2, 0) is 4.79 Å². The second kappa shape index (κ2) is 6.67. The third-order valence-electron chi connectivity index (χ3n) is 5.18. The summed E-state index contributed by atoms with van der Waals surface area (Å²) >= 11 is 0. The Hall–Kier alpha value is -1.26. The van der Waals surface area contributed by atoms with Gasteiger partial charge in [-0.2, -0.15) is 0 Å². The summed E-state index contributed by atoms with van der Waals surface area (Å²) in [7, 11) is 0. The van der Waals surface area contributed by atoms with Gasteiger partial charge in [0.1, 0.15) is 0 Å². The molecule has 2 amide bonds. The molecule has 2 aliphatic carbocycles. The third-order valence-corrected chi connectivity index (χ3v) is 5.18. The maximum absolute atomic E-state index is 12.3. The van der Waals surface area contributed by atoms with E-state index in [-0.39, 0.29) is 18.5 Å². The van der Waals surface area contributed by atoms with Crippen molar-refractivity contribution in [1.29, 1.82) is 0 Å². The van der Waals surface area contributed by atoms with Crippen LogP contribution in [-0.4, -0.2) is 28.7 Å². The van der Waals surface area contributed by atoms with Gasteiger partial charge in [-0.15, -0.1) is 0 Å². The molecule has 3 N–H and O–H groups in total. The molecule has 21 heavy (non-hydrogen) atoms. The summed E-state index contributed by atoms with van der Waals surface area (Å²) in [6.07, 6.45) is 6.85. The Balaban J connectivity index is 1.89. The Kier molecular flexibility index (Phi) is 5.12. The average molecular weight is 296 g/mol. The van der Waals surface area contributed by atoms with E-state index in [4.69, 9.17) is 5.11 Å². The van der Waals surface area contributed by atoms with Crippen molar-refractivity contribution in [2.45, 2.75) is 76.8 Å². The number of carboxylic acids is 1. The third kappa shape index (κ3) is 4.35. The number of rotatable bonds is 4. The molecular formula is C16H28N2O3. The molecule has 2 saturated carbocycles. The molecule has 0 aromatic rings. The minimum atomic E-state index is -0.836. The van der Waals surface area contributed by atoms with E-state index in [0.717, 1.165) is 50.9 Å². The van der Waals surface area contributed by atoms with Crippen LogP contribution in [0, 0.1) is 11.8 Å². The predicted octanol–water partition coefficient (Wildman–Crippen LogP) is 2.90. The van der Waals surface area contributed by atoms with Crippen LogP contribution in [0.5, 0.6) is 0 Å². The zero-order valence-electron chi connectivity index (χ0n) is 13.2. The van der Waals surface area contributed by atoms with Gasteiger partial charge in [-0.05, 0) is 43.9 Å². The topological polar surface area (TPSA) is 78.4 Å². The standard InChI is InChI=1S/C16H28N2O3/c1-11-5-6-13(12(2)9-11)17-15(21)18-16(10-14(19)20)7-3-4-8-16/h11-13H,3-10H2,1-2H3,(H,19,20)(H2,17,18,21). The number of carboxylic acid groups (broad SMARTS) is 1. The van der Waals surface area contributed by atoms with Crippen LogP contribution in [0.2, 0.25) is 0 Å². The predicted molar refractivity (Wildman–Crippen MR) is 81.1 cm³/mol. The van der Waals surface area contributed by atoms with Gasteiger partial charge >= 0.3 is 12.0 Å². The normalized spacial score (nSPS) is 31.6. The lowest BCUT2D eigenvalue weighted by molar-refractivity contribution is -0.138. The van der Waals surface area contributed by atoms with Gasteiger partial charge in [0.15, 0.2) is 0 Å².